The number of carbonyl (C=O) groups excluding carboxylic acids is 1. The minimum Gasteiger partial charge on any atom is -0.279 e. The number of carbonyl (C=O) groups is 1. The van der Waals surface area contributed by atoms with Gasteiger partial charge >= 0.3 is 0 Å². The Balaban J connectivity index is 1.53. The zero-order valence-corrected chi connectivity index (χ0v) is 19.7. The highest BCUT2D eigenvalue weighted by atomic mass is 32.2. The number of sulfonamides is 1. The van der Waals surface area contributed by atoms with Crippen LogP contribution in [0.15, 0.2) is 99.6 Å². The van der Waals surface area contributed by atoms with Crippen LogP contribution in [0.4, 0.5) is 5.69 Å². The zero-order chi connectivity index (χ0) is 22.8. The molecule has 1 aliphatic rings. The van der Waals surface area contributed by atoms with Crippen molar-refractivity contribution in [3.63, 3.8) is 0 Å². The van der Waals surface area contributed by atoms with Gasteiger partial charge in [-0.25, -0.2) is 13.4 Å². The molecule has 9 heteroatoms. The number of nitrogens with one attached hydrogen (secondary N) is 1. The van der Waals surface area contributed by atoms with Crippen molar-refractivity contribution < 1.29 is 13.2 Å². The van der Waals surface area contributed by atoms with E-state index in [1.54, 1.807) is 59.9 Å². The molecule has 0 fully saturated rings. The van der Waals surface area contributed by atoms with Crippen LogP contribution >= 0.6 is 22.7 Å². The number of para-hydroxylation sites is 1. The Kier molecular flexibility index (Phi) is 5.84. The van der Waals surface area contributed by atoms with E-state index in [4.69, 9.17) is 0 Å². The van der Waals surface area contributed by atoms with Gasteiger partial charge in [-0.2, -0.15) is 5.10 Å². The summed E-state index contributed by atoms with van der Waals surface area (Å²) in [5.74, 6) is -0.206. The number of hydrazone groups is 1. The highest BCUT2D eigenvalue weighted by Crippen LogP contribution is 2.39. The lowest BCUT2D eigenvalue weighted by Crippen LogP contribution is -2.27. The highest BCUT2D eigenvalue weighted by Gasteiger charge is 2.36. The summed E-state index contributed by atoms with van der Waals surface area (Å²) >= 11 is 2.92. The molecule has 1 N–H and O–H groups in total. The average Bonchev–Trinajstić information content (AvgIpc) is 3.61. The number of hydrogen-bond donors (Lipinski definition) is 1. The quantitative estimate of drug-likeness (QED) is 0.380. The Morgan fingerprint density at radius 2 is 1.64 bits per heavy atom. The van der Waals surface area contributed by atoms with E-state index < -0.39 is 16.1 Å². The van der Waals surface area contributed by atoms with Crippen LogP contribution in [0.2, 0.25) is 0 Å². The summed E-state index contributed by atoms with van der Waals surface area (Å²) in [4.78, 5) is 15.1. The SMILES string of the molecule is O=C(c1cccs1)N1N=C(c2cccs2)C[C@@H]1c1ccccc1NS(=O)(=O)c1ccccc1. The van der Waals surface area contributed by atoms with Gasteiger partial charge in [0.15, 0.2) is 0 Å². The van der Waals surface area contributed by atoms with Crippen LogP contribution in [-0.2, 0) is 10.0 Å². The molecule has 33 heavy (non-hydrogen) atoms. The summed E-state index contributed by atoms with van der Waals surface area (Å²) in [6.07, 6.45) is 0.488. The summed E-state index contributed by atoms with van der Waals surface area (Å²) in [6, 6.07) is 22.5. The minimum absolute atomic E-state index is 0.174. The maximum absolute atomic E-state index is 13.3. The molecule has 0 saturated carbocycles. The molecule has 2 aromatic carbocycles. The van der Waals surface area contributed by atoms with E-state index >= 15 is 0 Å². The molecule has 5 rings (SSSR count). The molecule has 1 aliphatic heterocycles. The van der Waals surface area contributed by atoms with Gasteiger partial charge in [-0.15, -0.1) is 22.7 Å². The number of hydrogen-bond acceptors (Lipinski definition) is 6. The van der Waals surface area contributed by atoms with E-state index in [1.807, 2.05) is 41.1 Å². The first-order chi connectivity index (χ1) is 16.0. The van der Waals surface area contributed by atoms with Gasteiger partial charge in [0.05, 0.1) is 32.1 Å². The van der Waals surface area contributed by atoms with Crippen molar-refractivity contribution in [3.8, 4) is 0 Å². The minimum atomic E-state index is -3.79. The largest absolute Gasteiger partial charge is 0.284 e. The Morgan fingerprint density at radius 1 is 0.909 bits per heavy atom. The van der Waals surface area contributed by atoms with Gasteiger partial charge in [-0.05, 0) is 41.1 Å². The van der Waals surface area contributed by atoms with Crippen LogP contribution in [0.1, 0.15) is 32.6 Å². The molecule has 0 spiro atoms. The molecular formula is C24H19N3O3S3. The lowest BCUT2D eigenvalue weighted by Gasteiger charge is -2.24. The average molecular weight is 494 g/mol. The maximum atomic E-state index is 13.3. The van der Waals surface area contributed by atoms with Gasteiger partial charge in [-0.3, -0.25) is 9.52 Å². The summed E-state index contributed by atoms with van der Waals surface area (Å²) in [6.45, 7) is 0. The Bertz CT molecular complexity index is 1400. The van der Waals surface area contributed by atoms with Gasteiger partial charge in [0.2, 0.25) is 0 Å². The summed E-state index contributed by atoms with van der Waals surface area (Å²) < 4.78 is 28.7. The molecule has 1 atom stereocenters. The van der Waals surface area contributed by atoms with Crippen molar-refractivity contribution in [1.82, 2.24) is 5.01 Å². The summed E-state index contributed by atoms with van der Waals surface area (Å²) in [7, 11) is -3.79. The van der Waals surface area contributed by atoms with Gasteiger partial charge in [0, 0.05) is 12.0 Å². The van der Waals surface area contributed by atoms with Crippen molar-refractivity contribution in [2.75, 3.05) is 4.72 Å². The van der Waals surface area contributed by atoms with Crippen LogP contribution < -0.4 is 4.72 Å². The number of nitrogens with zero attached hydrogens (tertiary/aromatic N) is 2. The maximum Gasteiger partial charge on any atom is 0.284 e. The van der Waals surface area contributed by atoms with E-state index in [0.717, 1.165) is 10.6 Å². The van der Waals surface area contributed by atoms with Gasteiger partial charge in [-0.1, -0.05) is 48.5 Å². The third-order valence-corrected chi connectivity index (χ3v) is 8.43. The first-order valence-electron chi connectivity index (χ1n) is 10.2. The van der Waals surface area contributed by atoms with Crippen molar-refractivity contribution >= 4 is 50.0 Å². The molecule has 0 saturated heterocycles. The van der Waals surface area contributed by atoms with Gasteiger partial charge in [0.1, 0.15) is 0 Å². The third-order valence-electron chi connectivity index (χ3n) is 5.27. The smallest absolute Gasteiger partial charge is 0.279 e. The molecule has 0 unspecified atom stereocenters. The molecule has 166 valence electrons. The third kappa shape index (κ3) is 4.35. The lowest BCUT2D eigenvalue weighted by atomic mass is 9.99. The molecule has 0 aliphatic carbocycles. The van der Waals surface area contributed by atoms with Crippen molar-refractivity contribution in [3.05, 3.63) is 105 Å². The predicted octanol–water partition coefficient (Wildman–Crippen LogP) is 5.60. The Hall–Kier alpha value is -3.27. The van der Waals surface area contributed by atoms with E-state index in [1.165, 1.54) is 16.3 Å². The van der Waals surface area contributed by atoms with Crippen LogP contribution in [0, 0.1) is 0 Å². The molecule has 0 bridgehead atoms. The second kappa shape index (κ2) is 8.93. The number of thiophene rings is 2. The molecule has 2 aromatic heterocycles. The fourth-order valence-corrected chi connectivity index (χ4v) is 6.21. The van der Waals surface area contributed by atoms with E-state index in [0.29, 0.717) is 22.5 Å². The molecule has 4 aromatic rings. The Morgan fingerprint density at radius 3 is 2.36 bits per heavy atom. The van der Waals surface area contributed by atoms with Crippen LogP contribution in [0.5, 0.6) is 0 Å². The van der Waals surface area contributed by atoms with Crippen LogP contribution in [-0.4, -0.2) is 25.0 Å². The standard InChI is InChI=1S/C24H19N3O3S3/c28-24(23-13-7-15-32-23)27-21(16-20(25-27)22-12-6-14-31-22)18-10-4-5-11-19(18)26-33(29,30)17-8-2-1-3-9-17/h1-15,21,26H,16H2/t21-/m1/s1. The van der Waals surface area contributed by atoms with Crippen LogP contribution in [0.25, 0.3) is 0 Å². The molecule has 3 heterocycles. The van der Waals surface area contributed by atoms with Crippen molar-refractivity contribution in [2.24, 2.45) is 5.10 Å². The monoisotopic (exact) mass is 493 g/mol. The second-order valence-corrected chi connectivity index (χ2v) is 11.0. The van der Waals surface area contributed by atoms with E-state index in [-0.39, 0.29) is 10.8 Å². The Labute approximate surface area is 199 Å². The summed E-state index contributed by atoms with van der Waals surface area (Å²) in [5, 5.41) is 9.99. The van der Waals surface area contributed by atoms with E-state index in [9.17, 15) is 13.2 Å². The lowest BCUT2D eigenvalue weighted by molar-refractivity contribution is 0.0717. The van der Waals surface area contributed by atoms with Gasteiger partial charge < -0.3 is 0 Å². The first-order valence-corrected chi connectivity index (χ1v) is 13.4. The first kappa shape index (κ1) is 21.6. The van der Waals surface area contributed by atoms with Crippen molar-refractivity contribution in [1.29, 1.82) is 0 Å². The molecular weight excluding hydrogens is 474 g/mol. The number of benzene rings is 2. The molecule has 0 radical (unpaired) electrons. The fourth-order valence-electron chi connectivity index (χ4n) is 3.73. The topological polar surface area (TPSA) is 78.8 Å². The van der Waals surface area contributed by atoms with Crippen LogP contribution in [0.3, 0.4) is 0 Å². The number of anilines is 1. The highest BCUT2D eigenvalue weighted by molar-refractivity contribution is 7.92. The fraction of sp³-hybridized carbons (Fsp3) is 0.0833. The molecule has 6 nitrogen and oxygen atoms in total. The van der Waals surface area contributed by atoms with E-state index in [2.05, 4.69) is 9.82 Å². The normalized spacial score (nSPS) is 15.9. The van der Waals surface area contributed by atoms with Crippen molar-refractivity contribution in [2.45, 2.75) is 17.4 Å². The zero-order valence-electron chi connectivity index (χ0n) is 17.3. The number of amides is 1. The number of rotatable bonds is 6. The summed E-state index contributed by atoms with van der Waals surface area (Å²) in [5.41, 5.74) is 1.93. The predicted molar refractivity (Wildman–Crippen MR) is 132 cm³/mol. The second-order valence-electron chi connectivity index (χ2n) is 7.38. The molecule has 1 amide bonds. The van der Waals surface area contributed by atoms with Gasteiger partial charge in [0.25, 0.3) is 15.9 Å².